The fourth-order valence-electron chi connectivity index (χ4n) is 2.32. The standard InChI is InChI=1S/C19H18N4O2/c1-23(15-8-4-3-5-9-15)19-20-12-14(13-21-19)18(24)22-16-10-6-7-11-17(16)25-2/h3-13H,1-2H3,(H,22,24). The van der Waals surface area contributed by atoms with Crippen LogP contribution in [0.3, 0.4) is 0 Å². The molecule has 0 atom stereocenters. The highest BCUT2D eigenvalue weighted by Gasteiger charge is 2.12. The van der Waals surface area contributed by atoms with E-state index >= 15 is 0 Å². The first-order valence-corrected chi connectivity index (χ1v) is 7.74. The van der Waals surface area contributed by atoms with Crippen molar-refractivity contribution in [2.45, 2.75) is 0 Å². The van der Waals surface area contributed by atoms with Crippen LogP contribution in [0.15, 0.2) is 67.0 Å². The number of hydrogen-bond acceptors (Lipinski definition) is 5. The maximum Gasteiger partial charge on any atom is 0.258 e. The van der Waals surface area contributed by atoms with Crippen LogP contribution < -0.4 is 15.0 Å². The molecule has 25 heavy (non-hydrogen) atoms. The molecule has 0 aliphatic rings. The molecule has 0 spiro atoms. The lowest BCUT2D eigenvalue weighted by Crippen LogP contribution is -2.16. The Bertz CT molecular complexity index is 851. The molecule has 1 aromatic heterocycles. The summed E-state index contributed by atoms with van der Waals surface area (Å²) in [6.45, 7) is 0. The van der Waals surface area contributed by atoms with Gasteiger partial charge in [-0.25, -0.2) is 9.97 Å². The van der Waals surface area contributed by atoms with Gasteiger partial charge in [-0.15, -0.1) is 0 Å². The van der Waals surface area contributed by atoms with Crippen molar-refractivity contribution >= 4 is 23.2 Å². The Morgan fingerprint density at radius 3 is 2.32 bits per heavy atom. The van der Waals surface area contributed by atoms with E-state index in [0.717, 1.165) is 5.69 Å². The van der Waals surface area contributed by atoms with E-state index < -0.39 is 0 Å². The van der Waals surface area contributed by atoms with Gasteiger partial charge < -0.3 is 15.0 Å². The summed E-state index contributed by atoms with van der Waals surface area (Å²) in [5.74, 6) is 0.815. The molecule has 126 valence electrons. The summed E-state index contributed by atoms with van der Waals surface area (Å²) in [6, 6.07) is 17.0. The van der Waals surface area contributed by atoms with Crippen molar-refractivity contribution < 1.29 is 9.53 Å². The van der Waals surface area contributed by atoms with Crippen molar-refractivity contribution in [3.05, 3.63) is 72.6 Å². The van der Waals surface area contributed by atoms with Gasteiger partial charge in [0.1, 0.15) is 5.75 Å². The van der Waals surface area contributed by atoms with Crippen molar-refractivity contribution in [3.8, 4) is 5.75 Å². The molecular formula is C19H18N4O2. The smallest absolute Gasteiger partial charge is 0.258 e. The molecule has 1 N–H and O–H groups in total. The molecule has 0 aliphatic heterocycles. The van der Waals surface area contributed by atoms with Gasteiger partial charge in [-0.2, -0.15) is 0 Å². The lowest BCUT2D eigenvalue weighted by atomic mass is 10.2. The minimum Gasteiger partial charge on any atom is -0.495 e. The summed E-state index contributed by atoms with van der Waals surface area (Å²) in [6.07, 6.45) is 3.01. The van der Waals surface area contributed by atoms with Crippen LogP contribution in [0.2, 0.25) is 0 Å². The molecule has 3 rings (SSSR count). The monoisotopic (exact) mass is 334 g/mol. The van der Waals surface area contributed by atoms with Crippen LogP contribution in [-0.4, -0.2) is 30.0 Å². The third kappa shape index (κ3) is 3.74. The number of rotatable bonds is 5. The lowest BCUT2D eigenvalue weighted by Gasteiger charge is -2.17. The van der Waals surface area contributed by atoms with E-state index in [1.807, 2.05) is 54.4 Å². The van der Waals surface area contributed by atoms with Crippen LogP contribution in [-0.2, 0) is 0 Å². The number of amides is 1. The van der Waals surface area contributed by atoms with Crippen molar-refractivity contribution in [2.24, 2.45) is 0 Å². The van der Waals surface area contributed by atoms with Gasteiger partial charge >= 0.3 is 0 Å². The quantitative estimate of drug-likeness (QED) is 0.773. The van der Waals surface area contributed by atoms with E-state index in [0.29, 0.717) is 22.9 Å². The van der Waals surface area contributed by atoms with E-state index in [4.69, 9.17) is 4.74 Å². The third-order valence-corrected chi connectivity index (χ3v) is 3.70. The molecule has 0 saturated carbocycles. The predicted octanol–water partition coefficient (Wildman–Crippen LogP) is 3.51. The average molecular weight is 334 g/mol. The zero-order valence-electron chi connectivity index (χ0n) is 14.0. The molecule has 3 aromatic rings. The summed E-state index contributed by atoms with van der Waals surface area (Å²) >= 11 is 0. The van der Waals surface area contributed by atoms with Crippen LogP contribution in [0.5, 0.6) is 5.75 Å². The van der Waals surface area contributed by atoms with Crippen molar-refractivity contribution in [2.75, 3.05) is 24.4 Å². The van der Waals surface area contributed by atoms with E-state index in [9.17, 15) is 4.79 Å². The Hall–Kier alpha value is -3.41. The zero-order chi connectivity index (χ0) is 17.6. The Morgan fingerprint density at radius 2 is 1.64 bits per heavy atom. The van der Waals surface area contributed by atoms with E-state index in [-0.39, 0.29) is 5.91 Å². The molecular weight excluding hydrogens is 316 g/mol. The summed E-state index contributed by atoms with van der Waals surface area (Å²) in [5, 5.41) is 2.80. The SMILES string of the molecule is COc1ccccc1NC(=O)c1cnc(N(C)c2ccccc2)nc1. The fraction of sp³-hybridized carbons (Fsp3) is 0.105. The summed E-state index contributed by atoms with van der Waals surface area (Å²) in [5.41, 5.74) is 1.94. The van der Waals surface area contributed by atoms with Gasteiger partial charge in [0, 0.05) is 25.1 Å². The van der Waals surface area contributed by atoms with Crippen molar-refractivity contribution in [1.82, 2.24) is 9.97 Å². The molecule has 1 amide bonds. The molecule has 0 bridgehead atoms. The van der Waals surface area contributed by atoms with Gasteiger partial charge in [0.15, 0.2) is 0 Å². The first-order valence-electron chi connectivity index (χ1n) is 7.74. The Kier molecular flexibility index (Phi) is 4.89. The Labute approximate surface area is 146 Å². The third-order valence-electron chi connectivity index (χ3n) is 3.70. The van der Waals surface area contributed by atoms with Gasteiger partial charge in [0.2, 0.25) is 5.95 Å². The number of anilines is 3. The first kappa shape index (κ1) is 16.4. The second-order valence-electron chi connectivity index (χ2n) is 5.32. The number of benzene rings is 2. The molecule has 2 aromatic carbocycles. The second kappa shape index (κ2) is 7.44. The lowest BCUT2D eigenvalue weighted by molar-refractivity contribution is 0.102. The van der Waals surface area contributed by atoms with Crippen LogP contribution in [0.25, 0.3) is 0 Å². The molecule has 0 aliphatic carbocycles. The zero-order valence-corrected chi connectivity index (χ0v) is 14.0. The maximum atomic E-state index is 12.4. The minimum atomic E-state index is -0.293. The normalized spacial score (nSPS) is 10.2. The fourth-order valence-corrected chi connectivity index (χ4v) is 2.32. The average Bonchev–Trinajstić information content (AvgIpc) is 2.68. The number of nitrogens with one attached hydrogen (secondary N) is 1. The highest BCUT2D eigenvalue weighted by atomic mass is 16.5. The number of para-hydroxylation sites is 3. The van der Waals surface area contributed by atoms with Gasteiger partial charge in [0.25, 0.3) is 5.91 Å². The van der Waals surface area contributed by atoms with Gasteiger partial charge in [0.05, 0.1) is 18.4 Å². The molecule has 0 unspecified atom stereocenters. The number of methoxy groups -OCH3 is 1. The predicted molar refractivity (Wildman–Crippen MR) is 97.5 cm³/mol. The minimum absolute atomic E-state index is 0.293. The van der Waals surface area contributed by atoms with Crippen molar-refractivity contribution in [3.63, 3.8) is 0 Å². The molecule has 6 heteroatoms. The Morgan fingerprint density at radius 1 is 1.00 bits per heavy atom. The van der Waals surface area contributed by atoms with E-state index in [1.54, 1.807) is 19.2 Å². The number of nitrogens with zero attached hydrogens (tertiary/aromatic N) is 3. The van der Waals surface area contributed by atoms with Crippen LogP contribution in [0.1, 0.15) is 10.4 Å². The molecule has 6 nitrogen and oxygen atoms in total. The van der Waals surface area contributed by atoms with E-state index in [2.05, 4.69) is 15.3 Å². The molecule has 0 fully saturated rings. The summed E-state index contributed by atoms with van der Waals surface area (Å²) < 4.78 is 5.23. The Balaban J connectivity index is 1.75. The number of carbonyl (C=O) groups is 1. The second-order valence-corrected chi connectivity index (χ2v) is 5.32. The summed E-state index contributed by atoms with van der Waals surface area (Å²) in [7, 11) is 3.43. The number of aromatic nitrogens is 2. The number of carbonyl (C=O) groups excluding carboxylic acids is 1. The molecule has 0 saturated heterocycles. The summed E-state index contributed by atoms with van der Waals surface area (Å²) in [4.78, 5) is 22.8. The highest BCUT2D eigenvalue weighted by Crippen LogP contribution is 2.24. The van der Waals surface area contributed by atoms with E-state index in [1.165, 1.54) is 12.4 Å². The first-order chi connectivity index (χ1) is 12.2. The van der Waals surface area contributed by atoms with Crippen molar-refractivity contribution in [1.29, 1.82) is 0 Å². The number of ether oxygens (including phenoxy) is 1. The van der Waals surface area contributed by atoms with Gasteiger partial charge in [-0.3, -0.25) is 4.79 Å². The van der Waals surface area contributed by atoms with Gasteiger partial charge in [-0.05, 0) is 24.3 Å². The van der Waals surface area contributed by atoms with Crippen LogP contribution in [0.4, 0.5) is 17.3 Å². The van der Waals surface area contributed by atoms with Gasteiger partial charge in [-0.1, -0.05) is 30.3 Å². The topological polar surface area (TPSA) is 67.3 Å². The maximum absolute atomic E-state index is 12.4. The van der Waals surface area contributed by atoms with Crippen LogP contribution >= 0.6 is 0 Å². The highest BCUT2D eigenvalue weighted by molar-refractivity contribution is 6.04. The molecule has 0 radical (unpaired) electrons. The molecule has 1 heterocycles. The number of hydrogen-bond donors (Lipinski definition) is 1. The largest absolute Gasteiger partial charge is 0.495 e. The van der Waals surface area contributed by atoms with Crippen LogP contribution in [0, 0.1) is 0 Å².